The van der Waals surface area contributed by atoms with Gasteiger partial charge in [-0.3, -0.25) is 9.79 Å². The zero-order valence-corrected chi connectivity index (χ0v) is 22.6. The molecule has 10 nitrogen and oxygen atoms in total. The van der Waals surface area contributed by atoms with Crippen molar-refractivity contribution in [1.82, 2.24) is 9.62 Å². The topological polar surface area (TPSA) is 141 Å². The lowest BCUT2D eigenvalue weighted by atomic mass is 9.89. The number of anilines is 1. The number of aliphatic imine (C=N–C) groups is 1. The third kappa shape index (κ3) is 7.11. The van der Waals surface area contributed by atoms with Crippen molar-refractivity contribution in [2.75, 3.05) is 37.3 Å². The van der Waals surface area contributed by atoms with E-state index in [1.54, 1.807) is 6.07 Å². The first-order valence-electron chi connectivity index (χ1n) is 12.7. The maximum Gasteiger partial charge on any atom is 0.573 e. The first-order chi connectivity index (χ1) is 18.8. The molecular formula is C26H31F3N4O6S. The molecule has 14 heteroatoms. The van der Waals surface area contributed by atoms with Gasteiger partial charge in [0.1, 0.15) is 17.1 Å². The fraction of sp³-hybridized carbons (Fsp3) is 0.462. The number of nitrogens with one attached hydrogen (secondary N) is 2. The summed E-state index contributed by atoms with van der Waals surface area (Å²) in [6.07, 6.45) is -5.04. The van der Waals surface area contributed by atoms with E-state index in [1.165, 1.54) is 16.4 Å². The van der Waals surface area contributed by atoms with Crippen molar-refractivity contribution in [3.8, 4) is 5.75 Å². The van der Waals surface area contributed by atoms with E-state index in [2.05, 4.69) is 20.4 Å². The summed E-state index contributed by atoms with van der Waals surface area (Å²) < 4.78 is 68.6. The Bertz CT molecular complexity index is 1360. The molecule has 2 aliphatic rings. The summed E-state index contributed by atoms with van der Waals surface area (Å²) in [5.41, 5.74) is 1.78. The van der Waals surface area contributed by atoms with Crippen molar-refractivity contribution in [2.24, 2.45) is 4.99 Å². The Hall–Kier alpha value is -3.20. The standard InChI is InChI=1S/C26H31F3N4O6S/c1-17-14-20(30-15-21(35)16-34)5-2-18(17)8-13-40(37,38)33-11-9-25(10-12-33)24(36)31-23(32-25)19-3-6-22(7-4-19)39-26(27,28)29/h2-7,14,21,30,34-35H,8-13,15-16H2,1H3,(H,31,32,36). The lowest BCUT2D eigenvalue weighted by Gasteiger charge is -2.34. The predicted molar refractivity (Wildman–Crippen MR) is 142 cm³/mol. The average molecular weight is 585 g/mol. The number of aryl methyl sites for hydroxylation is 2. The molecule has 0 aliphatic carbocycles. The molecule has 218 valence electrons. The summed E-state index contributed by atoms with van der Waals surface area (Å²) in [5, 5.41) is 24.1. The number of nitrogens with zero attached hydrogens (tertiary/aromatic N) is 2. The van der Waals surface area contributed by atoms with Crippen LogP contribution < -0.4 is 15.4 Å². The van der Waals surface area contributed by atoms with Gasteiger partial charge in [0.05, 0.1) is 18.5 Å². The lowest BCUT2D eigenvalue weighted by molar-refractivity contribution is -0.274. The number of ether oxygens (including phenoxy) is 1. The van der Waals surface area contributed by atoms with Crippen molar-refractivity contribution in [1.29, 1.82) is 0 Å². The molecule has 1 saturated heterocycles. The average Bonchev–Trinajstić information content (AvgIpc) is 3.21. The Morgan fingerprint density at radius 1 is 1.18 bits per heavy atom. The Labute approximate surface area is 229 Å². The Kier molecular flexibility index (Phi) is 8.73. The highest BCUT2D eigenvalue weighted by Gasteiger charge is 2.47. The van der Waals surface area contributed by atoms with E-state index in [-0.39, 0.29) is 56.6 Å². The molecule has 4 N–H and O–H groups in total. The number of amidine groups is 1. The van der Waals surface area contributed by atoms with Gasteiger partial charge in [-0.15, -0.1) is 13.2 Å². The minimum atomic E-state index is -4.81. The molecule has 40 heavy (non-hydrogen) atoms. The summed E-state index contributed by atoms with van der Waals surface area (Å²) in [4.78, 5) is 17.4. The molecular weight excluding hydrogens is 553 g/mol. The molecule has 1 unspecified atom stereocenters. The van der Waals surface area contributed by atoms with Gasteiger partial charge in [0.2, 0.25) is 10.0 Å². The number of alkyl halides is 3. The molecule has 2 aliphatic heterocycles. The van der Waals surface area contributed by atoms with E-state index < -0.39 is 33.8 Å². The largest absolute Gasteiger partial charge is 0.573 e. The first-order valence-corrected chi connectivity index (χ1v) is 14.3. The van der Waals surface area contributed by atoms with Gasteiger partial charge in [0.25, 0.3) is 5.91 Å². The van der Waals surface area contributed by atoms with Crippen LogP contribution in [0.25, 0.3) is 0 Å². The number of amides is 1. The van der Waals surface area contributed by atoms with Crippen LogP contribution in [0.2, 0.25) is 0 Å². The van der Waals surface area contributed by atoms with Gasteiger partial charge < -0.3 is 25.6 Å². The van der Waals surface area contributed by atoms with Crippen molar-refractivity contribution < 1.29 is 41.3 Å². The number of carbonyl (C=O) groups is 1. The fourth-order valence-corrected chi connectivity index (χ4v) is 6.17. The zero-order valence-electron chi connectivity index (χ0n) is 21.7. The Morgan fingerprint density at radius 3 is 2.45 bits per heavy atom. The Morgan fingerprint density at radius 2 is 1.85 bits per heavy atom. The van der Waals surface area contributed by atoms with Gasteiger partial charge in [-0.25, -0.2) is 12.7 Å². The number of aliphatic hydroxyl groups excluding tert-OH is 2. The minimum Gasteiger partial charge on any atom is -0.406 e. The van der Waals surface area contributed by atoms with E-state index >= 15 is 0 Å². The zero-order chi connectivity index (χ0) is 29.1. The van der Waals surface area contributed by atoms with Crippen LogP contribution in [-0.4, -0.2) is 84.7 Å². The molecule has 2 aromatic carbocycles. The number of hydrogen-bond acceptors (Lipinski definition) is 8. The number of sulfonamides is 1. The molecule has 2 heterocycles. The Balaban J connectivity index is 1.34. The summed E-state index contributed by atoms with van der Waals surface area (Å²) >= 11 is 0. The monoisotopic (exact) mass is 584 g/mol. The van der Waals surface area contributed by atoms with E-state index in [0.717, 1.165) is 28.9 Å². The molecule has 0 bridgehead atoms. The van der Waals surface area contributed by atoms with Gasteiger partial charge in [-0.05, 0) is 73.7 Å². The molecule has 0 radical (unpaired) electrons. The number of rotatable bonds is 10. The second-order valence-corrected chi connectivity index (χ2v) is 11.9. The SMILES string of the molecule is Cc1cc(NCC(O)CO)ccc1CCS(=O)(=O)N1CCC2(CC1)N=C(c1ccc(OC(F)(F)F)cc1)NC2=O. The van der Waals surface area contributed by atoms with E-state index in [9.17, 15) is 31.5 Å². The van der Waals surface area contributed by atoms with Crippen LogP contribution in [-0.2, 0) is 21.2 Å². The molecule has 1 atom stereocenters. The lowest BCUT2D eigenvalue weighted by Crippen LogP contribution is -2.50. The number of carbonyl (C=O) groups excluding carboxylic acids is 1. The van der Waals surface area contributed by atoms with Gasteiger partial charge >= 0.3 is 6.36 Å². The molecule has 4 rings (SSSR count). The van der Waals surface area contributed by atoms with Crippen LogP contribution in [0, 0.1) is 6.92 Å². The van der Waals surface area contributed by atoms with E-state index in [1.807, 2.05) is 19.1 Å². The third-order valence-corrected chi connectivity index (χ3v) is 8.88. The van der Waals surface area contributed by atoms with Crippen LogP contribution >= 0.6 is 0 Å². The summed E-state index contributed by atoms with van der Waals surface area (Å²) in [6.45, 7) is 1.92. The van der Waals surface area contributed by atoms with Crippen molar-refractivity contribution in [3.63, 3.8) is 0 Å². The minimum absolute atomic E-state index is 0.107. The second kappa shape index (κ2) is 11.7. The second-order valence-electron chi connectivity index (χ2n) is 9.84. The van der Waals surface area contributed by atoms with Gasteiger partial charge in [-0.2, -0.15) is 0 Å². The van der Waals surface area contributed by atoms with Gasteiger partial charge in [0.15, 0.2) is 0 Å². The molecule has 1 spiro atoms. The molecule has 0 aromatic heterocycles. The maximum absolute atomic E-state index is 13.1. The van der Waals surface area contributed by atoms with Crippen LogP contribution in [0.5, 0.6) is 5.75 Å². The van der Waals surface area contributed by atoms with Crippen LogP contribution in [0.4, 0.5) is 18.9 Å². The normalized spacial score (nSPS) is 18.4. The van der Waals surface area contributed by atoms with Crippen LogP contribution in [0.3, 0.4) is 0 Å². The number of aliphatic hydroxyl groups is 2. The third-order valence-electron chi connectivity index (χ3n) is 7.01. The van der Waals surface area contributed by atoms with Crippen molar-refractivity contribution >= 4 is 27.5 Å². The van der Waals surface area contributed by atoms with E-state index in [0.29, 0.717) is 12.0 Å². The molecule has 1 amide bonds. The van der Waals surface area contributed by atoms with E-state index in [4.69, 9.17) is 5.11 Å². The smallest absolute Gasteiger partial charge is 0.406 e. The van der Waals surface area contributed by atoms with Gasteiger partial charge in [-0.1, -0.05) is 6.07 Å². The summed E-state index contributed by atoms with van der Waals surface area (Å²) in [7, 11) is -3.61. The number of piperidine rings is 1. The van der Waals surface area contributed by atoms with Crippen LogP contribution in [0.1, 0.15) is 29.5 Å². The van der Waals surface area contributed by atoms with Crippen molar-refractivity contribution in [3.05, 3.63) is 59.2 Å². The number of hydrogen-bond donors (Lipinski definition) is 4. The molecule has 0 saturated carbocycles. The highest BCUT2D eigenvalue weighted by molar-refractivity contribution is 7.89. The number of halogens is 3. The van der Waals surface area contributed by atoms with Crippen LogP contribution in [0.15, 0.2) is 47.5 Å². The fourth-order valence-electron chi connectivity index (χ4n) is 4.70. The molecule has 1 fully saturated rings. The van der Waals surface area contributed by atoms with Gasteiger partial charge in [0, 0.05) is 30.9 Å². The summed E-state index contributed by atoms with van der Waals surface area (Å²) in [6, 6.07) is 10.4. The maximum atomic E-state index is 13.1. The highest BCUT2D eigenvalue weighted by Crippen LogP contribution is 2.33. The highest BCUT2D eigenvalue weighted by atomic mass is 32.2. The summed E-state index contributed by atoms with van der Waals surface area (Å²) in [5.74, 6) is -0.649. The number of benzene rings is 2. The molecule has 2 aromatic rings. The first kappa shape index (κ1) is 29.8. The quantitative estimate of drug-likeness (QED) is 0.335. The predicted octanol–water partition coefficient (Wildman–Crippen LogP) is 1.94. The van der Waals surface area contributed by atoms with Crippen molar-refractivity contribution in [2.45, 2.75) is 44.2 Å².